The molecule has 0 radical (unpaired) electrons. The normalized spacial score (nSPS) is 11.3. The van der Waals surface area contributed by atoms with Crippen LogP contribution < -0.4 is 5.73 Å². The van der Waals surface area contributed by atoms with Crippen molar-refractivity contribution in [1.82, 2.24) is 19.2 Å². The molecule has 0 saturated carbocycles. The Kier molecular flexibility index (Phi) is 2.82. The van der Waals surface area contributed by atoms with E-state index < -0.39 is 0 Å². The number of pyridine rings is 1. The monoisotopic (exact) mass is 319 g/mol. The Morgan fingerprint density at radius 1 is 1.42 bits per heavy atom. The summed E-state index contributed by atoms with van der Waals surface area (Å²) in [6.07, 6.45) is 4.73. The van der Waals surface area contributed by atoms with E-state index in [-0.39, 0.29) is 0 Å². The van der Waals surface area contributed by atoms with E-state index >= 15 is 0 Å². The van der Waals surface area contributed by atoms with Gasteiger partial charge < -0.3 is 5.73 Å². The molecule has 0 atom stereocenters. The topological polar surface area (TPSA) is 61.1 Å². The first kappa shape index (κ1) is 12.2. The van der Waals surface area contributed by atoms with Crippen LogP contribution in [0.4, 0.5) is 5.82 Å². The lowest BCUT2D eigenvalue weighted by Crippen LogP contribution is -1.94. The van der Waals surface area contributed by atoms with E-state index in [0.717, 1.165) is 33.5 Å². The van der Waals surface area contributed by atoms with Gasteiger partial charge in [0.2, 0.25) is 0 Å². The van der Waals surface area contributed by atoms with Gasteiger partial charge in [0, 0.05) is 25.0 Å². The van der Waals surface area contributed by atoms with Crippen molar-refractivity contribution in [1.29, 1.82) is 0 Å². The summed E-state index contributed by atoms with van der Waals surface area (Å²) in [7, 11) is 1.91. The number of imidazole rings is 1. The summed E-state index contributed by atoms with van der Waals surface area (Å²) in [5.74, 6) is 0.638. The fraction of sp³-hybridized carbons (Fsp3) is 0.231. The Hall–Kier alpha value is -1.82. The molecule has 0 unspecified atom stereocenters. The molecule has 0 aliphatic rings. The van der Waals surface area contributed by atoms with Gasteiger partial charge in [0.1, 0.15) is 11.5 Å². The molecule has 5 nitrogen and oxygen atoms in total. The van der Waals surface area contributed by atoms with Crippen LogP contribution in [0.5, 0.6) is 0 Å². The fourth-order valence-electron chi connectivity index (χ4n) is 2.24. The van der Waals surface area contributed by atoms with Crippen LogP contribution >= 0.6 is 15.9 Å². The molecule has 3 rings (SSSR count). The van der Waals surface area contributed by atoms with Crippen LogP contribution in [0.15, 0.2) is 29.0 Å². The third-order valence-corrected chi connectivity index (χ3v) is 3.75. The van der Waals surface area contributed by atoms with E-state index in [4.69, 9.17) is 5.73 Å². The van der Waals surface area contributed by atoms with E-state index in [0.29, 0.717) is 5.82 Å². The summed E-state index contributed by atoms with van der Waals surface area (Å²) in [6.45, 7) is 2.08. The second kappa shape index (κ2) is 4.38. The molecule has 0 spiro atoms. The molecule has 3 heterocycles. The first-order valence-electron chi connectivity index (χ1n) is 6.06. The Labute approximate surface area is 119 Å². The second-order valence-electron chi connectivity index (χ2n) is 4.41. The molecule has 3 aromatic heterocycles. The molecule has 0 saturated heterocycles. The number of hydrogen-bond acceptors (Lipinski definition) is 3. The van der Waals surface area contributed by atoms with Crippen molar-refractivity contribution in [2.24, 2.45) is 7.05 Å². The highest BCUT2D eigenvalue weighted by atomic mass is 79.9. The van der Waals surface area contributed by atoms with Crippen LogP contribution in [0.3, 0.4) is 0 Å². The summed E-state index contributed by atoms with van der Waals surface area (Å²) in [6, 6.07) is 3.89. The first-order chi connectivity index (χ1) is 9.11. The fourth-order valence-corrected chi connectivity index (χ4v) is 2.68. The highest BCUT2D eigenvalue weighted by molar-refractivity contribution is 9.10. The molecular formula is C13H14BrN5. The van der Waals surface area contributed by atoms with E-state index in [1.54, 1.807) is 4.68 Å². The lowest BCUT2D eigenvalue weighted by molar-refractivity contribution is 0.746. The lowest BCUT2D eigenvalue weighted by Gasteiger charge is -1.98. The third kappa shape index (κ3) is 1.83. The molecule has 0 aliphatic carbocycles. The van der Waals surface area contributed by atoms with Crippen molar-refractivity contribution >= 4 is 27.4 Å². The van der Waals surface area contributed by atoms with Crippen LogP contribution in [-0.2, 0) is 13.5 Å². The molecule has 0 amide bonds. The molecule has 19 heavy (non-hydrogen) atoms. The summed E-state index contributed by atoms with van der Waals surface area (Å²) in [5, 5.41) is 4.44. The highest BCUT2D eigenvalue weighted by Gasteiger charge is 2.17. The van der Waals surface area contributed by atoms with Crippen LogP contribution in [0, 0.1) is 0 Å². The SMILES string of the molecule is CCc1nn(C)cc1-c1nc2c(Br)cccn2c1N. The number of nitrogens with two attached hydrogens (primary N) is 1. The van der Waals surface area contributed by atoms with E-state index in [1.165, 1.54) is 0 Å². The van der Waals surface area contributed by atoms with Gasteiger partial charge in [0.05, 0.1) is 10.2 Å². The van der Waals surface area contributed by atoms with Crippen molar-refractivity contribution in [3.63, 3.8) is 0 Å². The largest absolute Gasteiger partial charge is 0.383 e. The van der Waals surface area contributed by atoms with Crippen LogP contribution in [-0.4, -0.2) is 19.2 Å². The predicted octanol–water partition coefficient (Wildman–Crippen LogP) is 2.64. The standard InChI is InChI=1S/C13H14BrN5/c1-3-10-8(7-18(2)17-10)11-12(15)19-6-4-5-9(14)13(19)16-11/h4-7H,3,15H2,1-2H3. The number of fused-ring (bicyclic) bond motifs is 1. The van der Waals surface area contributed by atoms with Crippen molar-refractivity contribution < 1.29 is 0 Å². The van der Waals surface area contributed by atoms with Crippen LogP contribution in [0.2, 0.25) is 0 Å². The van der Waals surface area contributed by atoms with Gasteiger partial charge in [0.25, 0.3) is 0 Å². The molecule has 0 aromatic carbocycles. The minimum absolute atomic E-state index is 0.638. The highest BCUT2D eigenvalue weighted by Crippen LogP contribution is 2.31. The molecule has 0 bridgehead atoms. The zero-order valence-corrected chi connectivity index (χ0v) is 12.3. The average Bonchev–Trinajstić information content (AvgIpc) is 2.92. The van der Waals surface area contributed by atoms with E-state index in [1.807, 2.05) is 36.0 Å². The van der Waals surface area contributed by atoms with Gasteiger partial charge in [-0.2, -0.15) is 5.10 Å². The quantitative estimate of drug-likeness (QED) is 0.789. The Bertz CT molecular complexity index is 756. The number of aryl methyl sites for hydroxylation is 2. The second-order valence-corrected chi connectivity index (χ2v) is 5.27. The number of nitrogen functional groups attached to an aromatic ring is 1. The van der Waals surface area contributed by atoms with Gasteiger partial charge in [-0.05, 0) is 34.5 Å². The van der Waals surface area contributed by atoms with Crippen molar-refractivity contribution in [2.75, 3.05) is 5.73 Å². The number of halogens is 1. The number of aromatic nitrogens is 4. The Morgan fingerprint density at radius 3 is 2.89 bits per heavy atom. The Balaban J connectivity index is 2.31. The van der Waals surface area contributed by atoms with Gasteiger partial charge in [-0.3, -0.25) is 9.08 Å². The van der Waals surface area contributed by atoms with Gasteiger partial charge in [-0.25, -0.2) is 4.98 Å². The van der Waals surface area contributed by atoms with Crippen molar-refractivity contribution in [3.05, 3.63) is 34.7 Å². The predicted molar refractivity (Wildman–Crippen MR) is 78.9 cm³/mol. The van der Waals surface area contributed by atoms with Gasteiger partial charge in [-0.15, -0.1) is 0 Å². The number of nitrogens with zero attached hydrogens (tertiary/aromatic N) is 4. The summed E-state index contributed by atoms with van der Waals surface area (Å²) >= 11 is 3.50. The van der Waals surface area contributed by atoms with E-state index in [2.05, 4.69) is 32.9 Å². The third-order valence-electron chi connectivity index (χ3n) is 3.13. The lowest BCUT2D eigenvalue weighted by atomic mass is 10.1. The number of rotatable bonds is 2. The Morgan fingerprint density at radius 2 is 2.21 bits per heavy atom. The minimum atomic E-state index is 0.638. The molecule has 0 fully saturated rings. The van der Waals surface area contributed by atoms with Crippen LogP contribution in [0.1, 0.15) is 12.6 Å². The average molecular weight is 320 g/mol. The van der Waals surface area contributed by atoms with Crippen molar-refractivity contribution in [3.8, 4) is 11.3 Å². The zero-order chi connectivity index (χ0) is 13.6. The number of hydrogen-bond donors (Lipinski definition) is 1. The minimum Gasteiger partial charge on any atom is -0.383 e. The van der Waals surface area contributed by atoms with Gasteiger partial charge >= 0.3 is 0 Å². The van der Waals surface area contributed by atoms with Gasteiger partial charge in [-0.1, -0.05) is 6.92 Å². The zero-order valence-electron chi connectivity index (χ0n) is 10.8. The van der Waals surface area contributed by atoms with Crippen molar-refractivity contribution in [2.45, 2.75) is 13.3 Å². The maximum absolute atomic E-state index is 6.22. The molecule has 6 heteroatoms. The van der Waals surface area contributed by atoms with Crippen LogP contribution in [0.25, 0.3) is 16.9 Å². The summed E-state index contributed by atoms with van der Waals surface area (Å²) in [4.78, 5) is 4.64. The summed E-state index contributed by atoms with van der Waals surface area (Å²) in [5.41, 5.74) is 9.83. The molecule has 98 valence electrons. The molecule has 0 aliphatic heterocycles. The molecular weight excluding hydrogens is 306 g/mol. The summed E-state index contributed by atoms with van der Waals surface area (Å²) < 4.78 is 4.60. The van der Waals surface area contributed by atoms with E-state index in [9.17, 15) is 0 Å². The smallest absolute Gasteiger partial charge is 0.153 e. The number of anilines is 1. The molecule has 2 N–H and O–H groups in total. The molecule has 3 aromatic rings. The maximum atomic E-state index is 6.22. The first-order valence-corrected chi connectivity index (χ1v) is 6.86. The van der Waals surface area contributed by atoms with Gasteiger partial charge in [0.15, 0.2) is 5.65 Å². The maximum Gasteiger partial charge on any atom is 0.153 e.